The highest BCUT2D eigenvalue weighted by atomic mass is 32.2. The molecule has 1 aromatic rings. The fourth-order valence-electron chi connectivity index (χ4n) is 1.86. The molecule has 0 aliphatic carbocycles. The van der Waals surface area contributed by atoms with E-state index in [9.17, 15) is 17.9 Å². The lowest BCUT2D eigenvalue weighted by atomic mass is 10.1. The fourth-order valence-corrected chi connectivity index (χ4v) is 2.94. The number of aliphatic hydroxyl groups excluding tert-OH is 1. The zero-order chi connectivity index (χ0) is 15.4. The van der Waals surface area contributed by atoms with Gasteiger partial charge in [0.25, 0.3) is 0 Å². The standard InChI is InChI=1S/C13H21FN2O3S/c1-13(2,16-20(3,18)19)9-15-8-12(17)10-4-6-11(14)7-5-10/h4-7,12,15-17H,8-9H2,1-3H3. The molecule has 3 N–H and O–H groups in total. The SMILES string of the molecule is CC(C)(CNCC(O)c1ccc(F)cc1)NS(C)(=O)=O. The van der Waals surface area contributed by atoms with Gasteiger partial charge in [0.15, 0.2) is 0 Å². The van der Waals surface area contributed by atoms with Crippen LogP contribution in [-0.4, -0.2) is 38.4 Å². The quantitative estimate of drug-likeness (QED) is 0.695. The highest BCUT2D eigenvalue weighted by molar-refractivity contribution is 7.88. The normalized spacial score (nSPS) is 14.2. The van der Waals surface area contributed by atoms with Gasteiger partial charge in [-0.3, -0.25) is 0 Å². The Kier molecular flexibility index (Phi) is 5.64. The van der Waals surface area contributed by atoms with Gasteiger partial charge in [-0.2, -0.15) is 0 Å². The number of rotatable bonds is 7. The summed E-state index contributed by atoms with van der Waals surface area (Å²) < 4.78 is 37.6. The molecule has 20 heavy (non-hydrogen) atoms. The van der Waals surface area contributed by atoms with Crippen molar-refractivity contribution in [3.63, 3.8) is 0 Å². The fraction of sp³-hybridized carbons (Fsp3) is 0.538. The Bertz CT molecular complexity index is 529. The second-order valence-corrected chi connectivity index (χ2v) is 7.20. The number of hydrogen-bond acceptors (Lipinski definition) is 4. The van der Waals surface area contributed by atoms with Gasteiger partial charge in [0.1, 0.15) is 5.82 Å². The van der Waals surface area contributed by atoms with Gasteiger partial charge < -0.3 is 10.4 Å². The van der Waals surface area contributed by atoms with Gasteiger partial charge in [-0.1, -0.05) is 12.1 Å². The molecule has 0 amide bonds. The Morgan fingerprint density at radius 1 is 1.30 bits per heavy atom. The van der Waals surface area contributed by atoms with Gasteiger partial charge in [-0.05, 0) is 31.5 Å². The molecule has 0 fully saturated rings. The van der Waals surface area contributed by atoms with E-state index in [1.807, 2.05) is 0 Å². The molecule has 0 aromatic heterocycles. The van der Waals surface area contributed by atoms with Crippen LogP contribution in [0, 0.1) is 5.82 Å². The number of aliphatic hydroxyl groups is 1. The molecule has 0 aliphatic heterocycles. The second kappa shape index (κ2) is 6.62. The van der Waals surface area contributed by atoms with Crippen molar-refractivity contribution in [1.82, 2.24) is 10.0 Å². The minimum Gasteiger partial charge on any atom is -0.387 e. The summed E-state index contributed by atoms with van der Waals surface area (Å²) in [6, 6.07) is 5.60. The van der Waals surface area contributed by atoms with Crippen molar-refractivity contribution < 1.29 is 17.9 Å². The Balaban J connectivity index is 2.45. The van der Waals surface area contributed by atoms with Crippen LogP contribution in [0.15, 0.2) is 24.3 Å². The maximum absolute atomic E-state index is 12.8. The first-order valence-corrected chi connectivity index (χ1v) is 8.11. The largest absolute Gasteiger partial charge is 0.387 e. The van der Waals surface area contributed by atoms with Gasteiger partial charge in [-0.25, -0.2) is 17.5 Å². The lowest BCUT2D eigenvalue weighted by Crippen LogP contribution is -2.50. The van der Waals surface area contributed by atoms with Crippen LogP contribution in [0.1, 0.15) is 25.5 Å². The molecule has 114 valence electrons. The van der Waals surface area contributed by atoms with Crippen LogP contribution in [0.2, 0.25) is 0 Å². The highest BCUT2D eigenvalue weighted by Gasteiger charge is 2.22. The van der Waals surface area contributed by atoms with Crippen molar-refractivity contribution in [2.75, 3.05) is 19.3 Å². The van der Waals surface area contributed by atoms with E-state index in [1.54, 1.807) is 13.8 Å². The molecule has 0 aliphatic rings. The first-order chi connectivity index (χ1) is 9.09. The predicted octanol–water partition coefficient (Wildman–Crippen LogP) is 0.777. The van der Waals surface area contributed by atoms with E-state index in [1.165, 1.54) is 24.3 Å². The van der Waals surface area contributed by atoms with Gasteiger partial charge in [-0.15, -0.1) is 0 Å². The minimum absolute atomic E-state index is 0.251. The average molecular weight is 304 g/mol. The van der Waals surface area contributed by atoms with Crippen LogP contribution >= 0.6 is 0 Å². The molecule has 0 saturated carbocycles. The third-order valence-corrected chi connectivity index (χ3v) is 3.54. The van der Waals surface area contributed by atoms with Crippen molar-refractivity contribution in [2.24, 2.45) is 0 Å². The van der Waals surface area contributed by atoms with E-state index in [-0.39, 0.29) is 12.4 Å². The molecule has 1 rings (SSSR count). The lowest BCUT2D eigenvalue weighted by Gasteiger charge is -2.26. The van der Waals surface area contributed by atoms with Gasteiger partial charge in [0.2, 0.25) is 10.0 Å². The summed E-state index contributed by atoms with van der Waals surface area (Å²) >= 11 is 0. The van der Waals surface area contributed by atoms with E-state index >= 15 is 0 Å². The number of sulfonamides is 1. The van der Waals surface area contributed by atoms with Crippen LogP contribution in [0.5, 0.6) is 0 Å². The smallest absolute Gasteiger partial charge is 0.209 e. The van der Waals surface area contributed by atoms with Crippen LogP contribution in [0.3, 0.4) is 0 Å². The zero-order valence-corrected chi connectivity index (χ0v) is 12.7. The number of nitrogens with one attached hydrogen (secondary N) is 2. The topological polar surface area (TPSA) is 78.4 Å². The molecular formula is C13H21FN2O3S. The van der Waals surface area contributed by atoms with E-state index in [2.05, 4.69) is 10.0 Å². The number of benzene rings is 1. The molecular weight excluding hydrogens is 283 g/mol. The first-order valence-electron chi connectivity index (χ1n) is 6.22. The molecule has 0 spiro atoms. The first kappa shape index (κ1) is 17.0. The summed E-state index contributed by atoms with van der Waals surface area (Å²) in [5, 5.41) is 12.9. The number of halogens is 1. The van der Waals surface area contributed by atoms with E-state index in [0.29, 0.717) is 12.1 Å². The molecule has 0 heterocycles. The van der Waals surface area contributed by atoms with Crippen molar-refractivity contribution >= 4 is 10.0 Å². The maximum atomic E-state index is 12.8. The Morgan fingerprint density at radius 2 is 1.85 bits per heavy atom. The second-order valence-electron chi connectivity index (χ2n) is 5.46. The van der Waals surface area contributed by atoms with Crippen molar-refractivity contribution in [3.8, 4) is 0 Å². The molecule has 0 radical (unpaired) electrons. The van der Waals surface area contributed by atoms with Crippen molar-refractivity contribution in [2.45, 2.75) is 25.5 Å². The minimum atomic E-state index is -3.28. The Hall–Kier alpha value is -1.02. The summed E-state index contributed by atoms with van der Waals surface area (Å²) in [5.41, 5.74) is -0.0522. The number of hydrogen-bond donors (Lipinski definition) is 3. The van der Waals surface area contributed by atoms with Gasteiger partial charge >= 0.3 is 0 Å². The zero-order valence-electron chi connectivity index (χ0n) is 11.9. The highest BCUT2D eigenvalue weighted by Crippen LogP contribution is 2.12. The predicted molar refractivity (Wildman–Crippen MR) is 76.3 cm³/mol. The summed E-state index contributed by atoms with van der Waals surface area (Å²) in [6.07, 6.45) is 0.326. The van der Waals surface area contributed by atoms with Crippen molar-refractivity contribution in [1.29, 1.82) is 0 Å². The third kappa shape index (κ3) is 6.42. The Morgan fingerprint density at radius 3 is 2.35 bits per heavy atom. The van der Waals surface area contributed by atoms with Crippen LogP contribution in [0.4, 0.5) is 4.39 Å². The molecule has 0 bridgehead atoms. The summed E-state index contributed by atoms with van der Waals surface area (Å²) in [4.78, 5) is 0. The van der Waals surface area contributed by atoms with Crippen LogP contribution in [0.25, 0.3) is 0 Å². The van der Waals surface area contributed by atoms with E-state index < -0.39 is 21.7 Å². The van der Waals surface area contributed by atoms with Crippen molar-refractivity contribution in [3.05, 3.63) is 35.6 Å². The molecule has 1 unspecified atom stereocenters. The summed E-state index contributed by atoms with van der Waals surface area (Å²) in [6.45, 7) is 4.09. The molecule has 0 saturated heterocycles. The monoisotopic (exact) mass is 304 g/mol. The molecule has 1 atom stereocenters. The Labute approximate surface area is 119 Å². The van der Waals surface area contributed by atoms with E-state index in [4.69, 9.17) is 0 Å². The van der Waals surface area contributed by atoms with Crippen LogP contribution in [-0.2, 0) is 10.0 Å². The molecule has 7 heteroatoms. The lowest BCUT2D eigenvalue weighted by molar-refractivity contribution is 0.172. The summed E-state index contributed by atoms with van der Waals surface area (Å²) in [7, 11) is -3.28. The third-order valence-electron chi connectivity index (χ3n) is 2.62. The van der Waals surface area contributed by atoms with Gasteiger partial charge in [0, 0.05) is 18.6 Å². The van der Waals surface area contributed by atoms with Gasteiger partial charge in [0.05, 0.1) is 12.4 Å². The molecule has 1 aromatic carbocycles. The van der Waals surface area contributed by atoms with E-state index in [0.717, 1.165) is 6.26 Å². The molecule has 5 nitrogen and oxygen atoms in total. The average Bonchev–Trinajstić information content (AvgIpc) is 2.26. The van der Waals surface area contributed by atoms with Crippen LogP contribution < -0.4 is 10.0 Å². The maximum Gasteiger partial charge on any atom is 0.209 e. The summed E-state index contributed by atoms with van der Waals surface area (Å²) in [5.74, 6) is -0.354.